The second-order valence-corrected chi connectivity index (χ2v) is 4.93. The highest BCUT2D eigenvalue weighted by atomic mass is 16.3. The molecule has 1 amide bonds. The molecule has 4 heteroatoms. The first kappa shape index (κ1) is 13.9. The van der Waals surface area contributed by atoms with Crippen molar-refractivity contribution >= 4 is 11.6 Å². The van der Waals surface area contributed by atoms with Crippen molar-refractivity contribution in [3.05, 3.63) is 52.6 Å². The molecule has 104 valence electrons. The summed E-state index contributed by atoms with van der Waals surface area (Å²) in [4.78, 5) is 12.2. The van der Waals surface area contributed by atoms with Gasteiger partial charge < -0.3 is 15.5 Å². The first-order valence-corrected chi connectivity index (χ1v) is 6.29. The molecule has 0 saturated carbocycles. The van der Waals surface area contributed by atoms with Crippen molar-refractivity contribution in [1.29, 1.82) is 0 Å². The van der Waals surface area contributed by atoms with Crippen molar-refractivity contribution in [1.82, 2.24) is 0 Å². The molecular weight excluding hydrogens is 254 g/mol. The minimum Gasteiger partial charge on any atom is -0.508 e. The van der Waals surface area contributed by atoms with E-state index in [1.54, 1.807) is 0 Å². The van der Waals surface area contributed by atoms with Crippen LogP contribution in [0.5, 0.6) is 11.5 Å². The molecule has 2 aromatic carbocycles. The van der Waals surface area contributed by atoms with Crippen molar-refractivity contribution < 1.29 is 15.0 Å². The molecule has 4 nitrogen and oxygen atoms in total. The van der Waals surface area contributed by atoms with Gasteiger partial charge in [0.25, 0.3) is 5.91 Å². The summed E-state index contributed by atoms with van der Waals surface area (Å²) < 4.78 is 0. The van der Waals surface area contributed by atoms with Gasteiger partial charge in [-0.1, -0.05) is 17.7 Å². The van der Waals surface area contributed by atoms with E-state index in [4.69, 9.17) is 0 Å². The minimum atomic E-state index is -0.451. The lowest BCUT2D eigenvalue weighted by Gasteiger charge is -2.13. The van der Waals surface area contributed by atoms with E-state index in [9.17, 15) is 15.0 Å². The zero-order valence-electron chi connectivity index (χ0n) is 11.7. The number of aromatic hydroxyl groups is 2. The molecule has 2 aromatic rings. The van der Waals surface area contributed by atoms with Gasteiger partial charge in [-0.05, 0) is 50.1 Å². The van der Waals surface area contributed by atoms with Crippen LogP contribution < -0.4 is 5.32 Å². The Morgan fingerprint density at radius 2 is 1.60 bits per heavy atom. The Kier molecular flexibility index (Phi) is 3.66. The molecule has 0 aromatic heterocycles. The Morgan fingerprint density at radius 3 is 2.20 bits per heavy atom. The van der Waals surface area contributed by atoms with E-state index in [-0.39, 0.29) is 17.1 Å². The maximum Gasteiger partial charge on any atom is 0.259 e. The lowest BCUT2D eigenvalue weighted by molar-refractivity contribution is 0.102. The standard InChI is InChI=1S/C16H17NO3/c1-9-6-10(2)15(11(3)7-9)17-16(20)13-8-12(18)4-5-14(13)19/h4-8,18-19H,1-3H3,(H,17,20). The van der Waals surface area contributed by atoms with Gasteiger partial charge in [0, 0.05) is 5.69 Å². The molecule has 0 heterocycles. The molecular formula is C16H17NO3. The summed E-state index contributed by atoms with van der Waals surface area (Å²) in [5.74, 6) is -0.679. The van der Waals surface area contributed by atoms with Crippen LogP contribution >= 0.6 is 0 Å². The van der Waals surface area contributed by atoms with Crippen molar-refractivity contribution in [3.63, 3.8) is 0 Å². The number of hydrogen-bond acceptors (Lipinski definition) is 3. The van der Waals surface area contributed by atoms with Gasteiger partial charge in [0.15, 0.2) is 0 Å². The van der Waals surface area contributed by atoms with E-state index in [2.05, 4.69) is 5.32 Å². The van der Waals surface area contributed by atoms with Crippen LogP contribution in [-0.2, 0) is 0 Å². The summed E-state index contributed by atoms with van der Waals surface area (Å²) >= 11 is 0. The van der Waals surface area contributed by atoms with Crippen LogP contribution in [0.2, 0.25) is 0 Å². The Balaban J connectivity index is 2.35. The second kappa shape index (κ2) is 5.25. The molecule has 0 aliphatic heterocycles. The number of rotatable bonds is 2. The van der Waals surface area contributed by atoms with Gasteiger partial charge >= 0.3 is 0 Å². The average molecular weight is 271 g/mol. The highest BCUT2D eigenvalue weighted by Gasteiger charge is 2.14. The smallest absolute Gasteiger partial charge is 0.259 e. The van der Waals surface area contributed by atoms with Crippen LogP contribution in [0.1, 0.15) is 27.0 Å². The number of benzene rings is 2. The number of carbonyl (C=O) groups is 1. The maximum absolute atomic E-state index is 12.2. The maximum atomic E-state index is 12.2. The predicted molar refractivity (Wildman–Crippen MR) is 78.4 cm³/mol. The van der Waals surface area contributed by atoms with Gasteiger partial charge in [-0.15, -0.1) is 0 Å². The summed E-state index contributed by atoms with van der Waals surface area (Å²) in [6, 6.07) is 7.81. The minimum absolute atomic E-state index is 0.0457. The third-order valence-electron chi connectivity index (χ3n) is 3.14. The van der Waals surface area contributed by atoms with E-state index in [0.29, 0.717) is 0 Å². The highest BCUT2D eigenvalue weighted by Crippen LogP contribution is 2.26. The third-order valence-corrected chi connectivity index (χ3v) is 3.14. The van der Waals surface area contributed by atoms with Gasteiger partial charge in [-0.3, -0.25) is 4.79 Å². The van der Waals surface area contributed by atoms with Crippen LogP contribution in [-0.4, -0.2) is 16.1 Å². The third kappa shape index (κ3) is 2.74. The zero-order valence-corrected chi connectivity index (χ0v) is 11.7. The molecule has 3 N–H and O–H groups in total. The fraction of sp³-hybridized carbons (Fsp3) is 0.188. The molecule has 0 aliphatic rings. The highest BCUT2D eigenvalue weighted by molar-refractivity contribution is 6.07. The number of carbonyl (C=O) groups excluding carboxylic acids is 1. The van der Waals surface area contributed by atoms with Gasteiger partial charge in [0.05, 0.1) is 5.56 Å². The Morgan fingerprint density at radius 1 is 1.00 bits per heavy atom. The fourth-order valence-electron chi connectivity index (χ4n) is 2.26. The molecule has 0 spiro atoms. The van der Waals surface area contributed by atoms with Crippen molar-refractivity contribution in [2.24, 2.45) is 0 Å². The lowest BCUT2D eigenvalue weighted by Crippen LogP contribution is -2.14. The number of amides is 1. The predicted octanol–water partition coefficient (Wildman–Crippen LogP) is 3.28. The lowest BCUT2D eigenvalue weighted by atomic mass is 10.0. The topological polar surface area (TPSA) is 69.6 Å². The monoisotopic (exact) mass is 271 g/mol. The summed E-state index contributed by atoms with van der Waals surface area (Å²) in [7, 11) is 0. The number of phenols is 2. The number of anilines is 1. The van der Waals surface area contributed by atoms with E-state index < -0.39 is 5.91 Å². The van der Waals surface area contributed by atoms with Gasteiger partial charge in [-0.2, -0.15) is 0 Å². The number of hydrogen-bond donors (Lipinski definition) is 3. The molecule has 0 unspecified atom stereocenters. The average Bonchev–Trinajstić information content (AvgIpc) is 2.36. The van der Waals surface area contributed by atoms with Gasteiger partial charge in [-0.25, -0.2) is 0 Å². The summed E-state index contributed by atoms with van der Waals surface area (Å²) in [5.41, 5.74) is 3.80. The normalized spacial score (nSPS) is 10.3. The molecule has 0 fully saturated rings. The van der Waals surface area contributed by atoms with Crippen LogP contribution in [0.15, 0.2) is 30.3 Å². The molecule has 0 radical (unpaired) electrons. The van der Waals surface area contributed by atoms with Crippen molar-refractivity contribution in [3.8, 4) is 11.5 Å². The Hall–Kier alpha value is -2.49. The van der Waals surface area contributed by atoms with Crippen LogP contribution in [0.4, 0.5) is 5.69 Å². The van der Waals surface area contributed by atoms with Crippen LogP contribution in [0, 0.1) is 20.8 Å². The molecule has 0 saturated heterocycles. The number of phenolic OH excluding ortho intramolecular Hbond substituents is 2. The SMILES string of the molecule is Cc1cc(C)c(NC(=O)c2cc(O)ccc2O)c(C)c1. The molecule has 20 heavy (non-hydrogen) atoms. The summed E-state index contributed by atoms with van der Waals surface area (Å²) in [5, 5.41) is 21.9. The van der Waals surface area contributed by atoms with E-state index in [1.807, 2.05) is 32.9 Å². The Bertz CT molecular complexity index is 654. The van der Waals surface area contributed by atoms with Crippen molar-refractivity contribution in [2.75, 3.05) is 5.32 Å². The largest absolute Gasteiger partial charge is 0.508 e. The van der Waals surface area contributed by atoms with Gasteiger partial charge in [0.1, 0.15) is 11.5 Å². The number of aryl methyl sites for hydroxylation is 3. The van der Waals surface area contributed by atoms with Gasteiger partial charge in [0.2, 0.25) is 0 Å². The quantitative estimate of drug-likeness (QED) is 0.734. The molecule has 0 atom stereocenters. The summed E-state index contributed by atoms with van der Waals surface area (Å²) in [6.45, 7) is 5.82. The molecule has 0 bridgehead atoms. The molecule has 2 rings (SSSR count). The second-order valence-electron chi connectivity index (χ2n) is 4.93. The zero-order chi connectivity index (χ0) is 14.9. The first-order chi connectivity index (χ1) is 9.38. The summed E-state index contributed by atoms with van der Waals surface area (Å²) in [6.07, 6.45) is 0. The van der Waals surface area contributed by atoms with Crippen LogP contribution in [0.3, 0.4) is 0 Å². The van der Waals surface area contributed by atoms with E-state index in [1.165, 1.54) is 18.2 Å². The van der Waals surface area contributed by atoms with Crippen LogP contribution in [0.25, 0.3) is 0 Å². The van der Waals surface area contributed by atoms with E-state index in [0.717, 1.165) is 22.4 Å². The van der Waals surface area contributed by atoms with Crippen molar-refractivity contribution in [2.45, 2.75) is 20.8 Å². The first-order valence-electron chi connectivity index (χ1n) is 6.29. The Labute approximate surface area is 117 Å². The molecule has 0 aliphatic carbocycles. The number of nitrogens with one attached hydrogen (secondary N) is 1. The fourth-order valence-corrected chi connectivity index (χ4v) is 2.26. The van der Waals surface area contributed by atoms with E-state index >= 15 is 0 Å².